The molecule has 0 radical (unpaired) electrons. The Labute approximate surface area is 271 Å². The van der Waals surface area contributed by atoms with Gasteiger partial charge < -0.3 is 5.11 Å². The number of benzene rings is 3. The molecular weight excluding hydrogens is 700 g/mol. The maximum absolute atomic E-state index is 13.6. The van der Waals surface area contributed by atoms with Crippen molar-refractivity contribution in [2.45, 2.75) is 6.92 Å². The van der Waals surface area contributed by atoms with Gasteiger partial charge in [-0.15, -0.1) is 0 Å². The minimum Gasteiger partial charge on any atom is -0.515 e. The van der Waals surface area contributed by atoms with Crippen molar-refractivity contribution in [1.29, 1.82) is 0 Å². The molecule has 2 amide bonds. The molecule has 1 aliphatic rings. The Balaban J connectivity index is 1.67. The van der Waals surface area contributed by atoms with E-state index in [1.807, 2.05) is 0 Å². The largest absolute Gasteiger partial charge is 0.515 e. The number of aliphatic hydroxyl groups is 1. The molecule has 5 rings (SSSR count). The third kappa shape index (κ3) is 4.57. The van der Waals surface area contributed by atoms with Gasteiger partial charge in [0.25, 0.3) is 11.8 Å². The molecular formula is C27H10Cl8N2O4. The van der Waals surface area contributed by atoms with Gasteiger partial charge in [-0.25, -0.2) is 9.88 Å². The minimum absolute atomic E-state index is 0.0126. The average molecular weight is 710 g/mol. The number of para-hydroxylation sites is 1. The molecule has 208 valence electrons. The molecule has 41 heavy (non-hydrogen) atoms. The molecule has 3 aromatic carbocycles. The predicted octanol–water partition coefficient (Wildman–Crippen LogP) is 10.4. The second-order valence-corrected chi connectivity index (χ2v) is 11.6. The zero-order chi connectivity index (χ0) is 30.1. The standard InChI is InChI=1S/C27H10Cl8N2O4/c1-8-13(17(29)21(33)20(32)16(8)28)25(39)10(7-38)11-6-5-9-3-2-4-12(24(9)36-11)37-26(40)14-15(27(37)41)19(31)23(35)22(34)18(14)30/h2-7,38H,1H3. The Hall–Kier alpha value is -2.26. The molecule has 1 aliphatic heterocycles. The van der Waals surface area contributed by atoms with E-state index in [0.717, 1.165) is 4.90 Å². The zero-order valence-electron chi connectivity index (χ0n) is 20.1. The fourth-order valence-electron chi connectivity index (χ4n) is 4.42. The van der Waals surface area contributed by atoms with Crippen molar-refractivity contribution in [3.05, 3.63) is 105 Å². The molecule has 0 aliphatic carbocycles. The van der Waals surface area contributed by atoms with Crippen LogP contribution in [0.15, 0.2) is 36.6 Å². The summed E-state index contributed by atoms with van der Waals surface area (Å²) in [5.74, 6) is -2.38. The molecule has 6 nitrogen and oxygen atoms in total. The molecule has 0 spiro atoms. The number of ketones is 1. The highest BCUT2D eigenvalue weighted by Crippen LogP contribution is 2.47. The van der Waals surface area contributed by atoms with Gasteiger partial charge in [0.05, 0.1) is 80.0 Å². The summed E-state index contributed by atoms with van der Waals surface area (Å²) < 4.78 is 0. The lowest BCUT2D eigenvalue weighted by Gasteiger charge is -2.17. The molecule has 0 saturated carbocycles. The minimum atomic E-state index is -0.808. The van der Waals surface area contributed by atoms with Crippen LogP contribution in [0.5, 0.6) is 0 Å². The highest BCUT2D eigenvalue weighted by molar-refractivity contribution is 6.57. The van der Waals surface area contributed by atoms with Crippen molar-refractivity contribution >= 4 is 133 Å². The quantitative estimate of drug-likeness (QED) is 0.0569. The number of hydrogen-bond acceptors (Lipinski definition) is 5. The number of allylic oxidation sites excluding steroid dienone is 1. The van der Waals surface area contributed by atoms with Gasteiger partial charge in [-0.1, -0.05) is 111 Å². The van der Waals surface area contributed by atoms with Crippen molar-refractivity contribution in [2.75, 3.05) is 4.90 Å². The zero-order valence-corrected chi connectivity index (χ0v) is 26.1. The van der Waals surface area contributed by atoms with Gasteiger partial charge in [-0.2, -0.15) is 0 Å². The van der Waals surface area contributed by atoms with Gasteiger partial charge in [-0.3, -0.25) is 14.4 Å². The Kier molecular flexibility index (Phi) is 8.18. The molecule has 0 atom stereocenters. The predicted molar refractivity (Wildman–Crippen MR) is 166 cm³/mol. The first-order chi connectivity index (χ1) is 19.3. The maximum Gasteiger partial charge on any atom is 0.267 e. The summed E-state index contributed by atoms with van der Waals surface area (Å²) in [6.07, 6.45) is 0.552. The number of rotatable bonds is 4. The lowest BCUT2D eigenvalue weighted by Crippen LogP contribution is -2.29. The van der Waals surface area contributed by atoms with E-state index in [1.54, 1.807) is 18.2 Å². The number of pyridine rings is 1. The molecule has 4 aromatic rings. The van der Waals surface area contributed by atoms with Crippen LogP contribution in [-0.4, -0.2) is 27.7 Å². The number of fused-ring (bicyclic) bond motifs is 2. The topological polar surface area (TPSA) is 87.6 Å². The second-order valence-electron chi connectivity index (χ2n) is 8.62. The number of imide groups is 1. The van der Waals surface area contributed by atoms with E-state index in [0.29, 0.717) is 11.6 Å². The first-order valence-electron chi connectivity index (χ1n) is 11.2. The number of aliphatic hydroxyl groups excluding tert-OH is 1. The van der Waals surface area contributed by atoms with Crippen LogP contribution >= 0.6 is 92.8 Å². The summed E-state index contributed by atoms with van der Waals surface area (Å²) >= 11 is 49.7. The summed E-state index contributed by atoms with van der Waals surface area (Å²) in [6.45, 7) is 1.52. The van der Waals surface area contributed by atoms with Crippen LogP contribution in [0.25, 0.3) is 16.5 Å². The van der Waals surface area contributed by atoms with Gasteiger partial charge in [0, 0.05) is 10.9 Å². The number of halogens is 8. The third-order valence-electron chi connectivity index (χ3n) is 6.42. The van der Waals surface area contributed by atoms with E-state index < -0.39 is 17.6 Å². The van der Waals surface area contributed by atoms with E-state index in [-0.39, 0.29) is 84.9 Å². The van der Waals surface area contributed by atoms with Crippen LogP contribution < -0.4 is 4.90 Å². The Morgan fingerprint density at radius 3 is 1.85 bits per heavy atom. The van der Waals surface area contributed by atoms with Crippen LogP contribution in [0.2, 0.25) is 40.2 Å². The first-order valence-corrected chi connectivity index (χ1v) is 14.2. The number of hydrogen-bond donors (Lipinski definition) is 1. The van der Waals surface area contributed by atoms with Crippen LogP contribution in [0.4, 0.5) is 5.69 Å². The van der Waals surface area contributed by atoms with Gasteiger partial charge in [0.15, 0.2) is 5.78 Å². The number of Topliss-reactive ketones (excluding diaryl/α,β-unsaturated/α-hetero) is 1. The number of anilines is 1. The van der Waals surface area contributed by atoms with Gasteiger partial charge in [0.1, 0.15) is 0 Å². The lowest BCUT2D eigenvalue weighted by atomic mass is 9.97. The Bertz CT molecular complexity index is 1850. The van der Waals surface area contributed by atoms with E-state index >= 15 is 0 Å². The lowest BCUT2D eigenvalue weighted by molar-refractivity contribution is 0.0925. The highest BCUT2D eigenvalue weighted by Gasteiger charge is 2.43. The van der Waals surface area contributed by atoms with Crippen LogP contribution in [0, 0.1) is 6.92 Å². The molecule has 0 unspecified atom stereocenters. The van der Waals surface area contributed by atoms with Crippen molar-refractivity contribution in [2.24, 2.45) is 0 Å². The van der Waals surface area contributed by atoms with E-state index in [2.05, 4.69) is 4.98 Å². The molecule has 0 saturated heterocycles. The summed E-state index contributed by atoms with van der Waals surface area (Å²) in [4.78, 5) is 46.0. The molecule has 1 N–H and O–H groups in total. The van der Waals surface area contributed by atoms with Gasteiger partial charge in [-0.05, 0) is 24.6 Å². The molecule has 2 heterocycles. The summed E-state index contributed by atoms with van der Waals surface area (Å²) in [5.41, 5.74) is -0.414. The fraction of sp³-hybridized carbons (Fsp3) is 0.0370. The molecule has 0 bridgehead atoms. The summed E-state index contributed by atoms with van der Waals surface area (Å²) in [6, 6.07) is 7.78. The van der Waals surface area contributed by atoms with Crippen molar-refractivity contribution in [1.82, 2.24) is 4.98 Å². The third-order valence-corrected chi connectivity index (χ3v) is 10.1. The molecule has 1 aromatic heterocycles. The van der Waals surface area contributed by atoms with Gasteiger partial charge in [0.2, 0.25) is 0 Å². The SMILES string of the molecule is Cc1c(Cl)c(Cl)c(Cl)c(Cl)c1C(=O)C(=CO)c1ccc2cccc(N3C(=O)c4c(Cl)c(Cl)c(Cl)c(Cl)c4C3=O)c2n1. The number of amides is 2. The molecule has 14 heteroatoms. The van der Waals surface area contributed by atoms with E-state index in [1.165, 1.54) is 19.1 Å². The summed E-state index contributed by atoms with van der Waals surface area (Å²) in [7, 11) is 0. The highest BCUT2D eigenvalue weighted by atomic mass is 35.5. The van der Waals surface area contributed by atoms with Crippen LogP contribution in [0.1, 0.15) is 42.3 Å². The first kappa shape index (κ1) is 30.2. The van der Waals surface area contributed by atoms with Crippen LogP contribution in [0.3, 0.4) is 0 Å². The smallest absolute Gasteiger partial charge is 0.267 e. The Morgan fingerprint density at radius 1 is 0.756 bits per heavy atom. The summed E-state index contributed by atoms with van der Waals surface area (Å²) in [5, 5.41) is 9.49. The second kappa shape index (κ2) is 11.1. The van der Waals surface area contributed by atoms with Crippen molar-refractivity contribution in [3.63, 3.8) is 0 Å². The maximum atomic E-state index is 13.6. The average Bonchev–Trinajstić information content (AvgIpc) is 3.22. The van der Waals surface area contributed by atoms with Crippen LogP contribution in [-0.2, 0) is 0 Å². The van der Waals surface area contributed by atoms with Crippen molar-refractivity contribution < 1.29 is 19.5 Å². The monoisotopic (exact) mass is 706 g/mol. The number of carbonyl (C=O) groups is 3. The van der Waals surface area contributed by atoms with E-state index in [4.69, 9.17) is 92.8 Å². The number of aromatic nitrogens is 1. The fourth-order valence-corrected chi connectivity index (χ4v) is 6.46. The normalized spacial score (nSPS) is 13.4. The van der Waals surface area contributed by atoms with E-state index in [9.17, 15) is 19.5 Å². The Morgan fingerprint density at radius 2 is 1.29 bits per heavy atom. The van der Waals surface area contributed by atoms with Gasteiger partial charge >= 0.3 is 0 Å². The molecule has 0 fully saturated rings. The van der Waals surface area contributed by atoms with Crippen molar-refractivity contribution in [3.8, 4) is 0 Å². The number of nitrogens with zero attached hydrogens (tertiary/aromatic N) is 2. The number of carbonyl (C=O) groups excluding carboxylic acids is 3.